The smallest absolute Gasteiger partial charge is 0.261 e. The quantitative estimate of drug-likeness (QED) is 0.307. The molecule has 6 heteroatoms. The lowest BCUT2D eigenvalue weighted by Crippen LogP contribution is -2.16. The van der Waals surface area contributed by atoms with E-state index in [-0.39, 0.29) is 13.2 Å². The lowest BCUT2D eigenvalue weighted by atomic mass is 9.97. The number of rotatable bonds is 6. The van der Waals surface area contributed by atoms with E-state index in [9.17, 15) is 10.1 Å². The minimum absolute atomic E-state index is 0. The van der Waals surface area contributed by atoms with Crippen LogP contribution in [0.1, 0.15) is 42.3 Å². The average molecular weight is 482 g/mol. The molecule has 0 spiro atoms. The number of nitrogens with one attached hydrogen (secondary N) is 1. The van der Waals surface area contributed by atoms with E-state index in [2.05, 4.69) is 16.4 Å². The predicted molar refractivity (Wildman–Crippen MR) is 145 cm³/mol. The fraction of sp³-hybridized carbons (Fsp3) is 0.167. The summed E-state index contributed by atoms with van der Waals surface area (Å²) in [7, 11) is 1.49. The monoisotopic (exact) mass is 481 g/mol. The van der Waals surface area contributed by atoms with E-state index in [0.717, 1.165) is 22.3 Å². The summed E-state index contributed by atoms with van der Waals surface area (Å²) < 4.78 is 11.5. The summed E-state index contributed by atoms with van der Waals surface area (Å²) >= 11 is 0. The van der Waals surface area contributed by atoms with Gasteiger partial charge in [-0.05, 0) is 49.2 Å². The molecule has 0 atom stereocenters. The fourth-order valence-electron chi connectivity index (χ4n) is 3.59. The Morgan fingerprint density at radius 1 is 0.972 bits per heavy atom. The van der Waals surface area contributed by atoms with Crippen LogP contribution in [0.2, 0.25) is 0 Å². The van der Waals surface area contributed by atoms with Crippen molar-refractivity contribution in [2.24, 2.45) is 0 Å². The molecule has 0 aliphatic rings. The summed E-state index contributed by atoms with van der Waals surface area (Å²) in [5.41, 5.74) is 5.07. The van der Waals surface area contributed by atoms with Gasteiger partial charge in [0, 0.05) is 24.9 Å². The molecule has 1 heterocycles. The van der Waals surface area contributed by atoms with Gasteiger partial charge >= 0.3 is 0 Å². The number of anilines is 1. The second-order valence-corrected chi connectivity index (χ2v) is 7.74. The van der Waals surface area contributed by atoms with E-state index in [1.165, 1.54) is 7.11 Å². The summed E-state index contributed by atoms with van der Waals surface area (Å²) in [5.74, 6) is 0.526. The molecular formula is C30H31N3O3. The molecule has 4 rings (SSSR count). The largest absolute Gasteiger partial charge is 0.493 e. The number of ether oxygens (including phenoxy) is 2. The number of carbonyl (C=O) groups is 1. The van der Waals surface area contributed by atoms with Gasteiger partial charge in [-0.1, -0.05) is 61.9 Å². The Balaban J connectivity index is 0.00000157. The molecule has 36 heavy (non-hydrogen) atoms. The first kappa shape index (κ1) is 26.0. The second kappa shape index (κ2) is 12.2. The molecule has 0 unspecified atom stereocenters. The molecule has 184 valence electrons. The van der Waals surface area contributed by atoms with Crippen molar-refractivity contribution < 1.29 is 15.7 Å². The van der Waals surface area contributed by atoms with E-state index >= 15 is 0 Å². The number of para-hydroxylation sites is 1. The molecule has 1 N–H and O–H groups in total. The van der Waals surface area contributed by atoms with Crippen molar-refractivity contribution in [2.45, 2.75) is 27.7 Å². The van der Waals surface area contributed by atoms with Crippen molar-refractivity contribution in [2.75, 3.05) is 12.4 Å². The van der Waals surface area contributed by atoms with Gasteiger partial charge in [0.05, 0.1) is 18.7 Å². The number of carbonyl (C=O) groups excluding carboxylic acids is 1. The van der Waals surface area contributed by atoms with Crippen molar-refractivity contribution in [3.05, 3.63) is 101 Å². The number of nitriles is 1. The van der Waals surface area contributed by atoms with Crippen molar-refractivity contribution in [1.29, 1.82) is 5.26 Å². The summed E-state index contributed by atoms with van der Waals surface area (Å²) in [5, 5.41) is 12.1. The van der Waals surface area contributed by atoms with Crippen molar-refractivity contribution in [1.82, 2.24) is 4.98 Å². The Bertz CT molecular complexity index is 1380. The number of nitrogens with zero attached hydrogens (tertiary/aromatic N) is 2. The van der Waals surface area contributed by atoms with Crippen LogP contribution in [0.5, 0.6) is 17.4 Å². The van der Waals surface area contributed by atoms with Crippen molar-refractivity contribution >= 4 is 11.6 Å². The maximum absolute atomic E-state index is 13.4. The zero-order valence-electron chi connectivity index (χ0n) is 21.1. The average Bonchev–Trinajstić information content (AvgIpc) is 2.91. The van der Waals surface area contributed by atoms with Crippen LogP contribution in [0.25, 0.3) is 11.1 Å². The fourth-order valence-corrected chi connectivity index (χ4v) is 3.59. The third-order valence-corrected chi connectivity index (χ3v) is 5.42. The normalized spacial score (nSPS) is 9.89. The summed E-state index contributed by atoms with van der Waals surface area (Å²) in [4.78, 5) is 17.9. The molecule has 0 fully saturated rings. The number of amides is 1. The van der Waals surface area contributed by atoms with E-state index < -0.39 is 0 Å². The zero-order valence-corrected chi connectivity index (χ0v) is 21.1. The maximum atomic E-state index is 13.4. The number of hydrogen-bond acceptors (Lipinski definition) is 5. The van der Waals surface area contributed by atoms with Crippen LogP contribution in [0.15, 0.2) is 79.0 Å². The Morgan fingerprint density at radius 2 is 1.67 bits per heavy atom. The van der Waals surface area contributed by atoms with Crippen LogP contribution in [0, 0.1) is 25.2 Å². The van der Waals surface area contributed by atoms with Crippen molar-refractivity contribution in [3.63, 3.8) is 0 Å². The van der Waals surface area contributed by atoms with Gasteiger partial charge < -0.3 is 14.8 Å². The van der Waals surface area contributed by atoms with Crippen LogP contribution in [0.4, 0.5) is 5.69 Å². The molecule has 0 aliphatic heterocycles. The first-order valence-corrected chi connectivity index (χ1v) is 11.7. The number of aryl methyl sites for hydroxylation is 1. The molecule has 0 radical (unpaired) electrons. The summed E-state index contributed by atoms with van der Waals surface area (Å²) in [6.07, 6.45) is 1.70. The molecule has 3 aromatic carbocycles. The van der Waals surface area contributed by atoms with Crippen LogP contribution in [0.3, 0.4) is 0 Å². The SMILES string of the molecule is CC.COc1cc(C#N)ccc1Oc1ncc(-c2ccc(C)cc2)c(C)c1C(=O)Nc1ccccc1.[HH]. The Morgan fingerprint density at radius 3 is 2.31 bits per heavy atom. The molecular weight excluding hydrogens is 450 g/mol. The molecule has 1 amide bonds. The molecule has 0 saturated heterocycles. The minimum Gasteiger partial charge on any atom is -0.493 e. The molecule has 6 nitrogen and oxygen atoms in total. The van der Waals surface area contributed by atoms with Crippen LogP contribution in [-0.4, -0.2) is 18.0 Å². The van der Waals surface area contributed by atoms with E-state index in [4.69, 9.17) is 9.47 Å². The van der Waals surface area contributed by atoms with Gasteiger partial charge in [-0.15, -0.1) is 0 Å². The third kappa shape index (κ3) is 5.89. The summed E-state index contributed by atoms with van der Waals surface area (Å²) in [6.45, 7) is 7.90. The summed E-state index contributed by atoms with van der Waals surface area (Å²) in [6, 6.07) is 24.1. The molecule has 0 saturated carbocycles. The number of methoxy groups -OCH3 is 1. The van der Waals surface area contributed by atoms with E-state index in [1.54, 1.807) is 24.4 Å². The number of hydrogen-bond donors (Lipinski definition) is 1. The van der Waals surface area contributed by atoms with Gasteiger partial charge in [0.25, 0.3) is 5.91 Å². The van der Waals surface area contributed by atoms with Crippen LogP contribution < -0.4 is 14.8 Å². The lowest BCUT2D eigenvalue weighted by molar-refractivity contribution is 0.102. The Kier molecular flexibility index (Phi) is 8.79. The van der Waals surface area contributed by atoms with Gasteiger partial charge in [0.15, 0.2) is 11.5 Å². The molecule has 0 bridgehead atoms. The highest BCUT2D eigenvalue weighted by molar-refractivity contribution is 6.08. The number of benzene rings is 3. The number of pyridine rings is 1. The molecule has 1 aromatic heterocycles. The zero-order chi connectivity index (χ0) is 26.1. The van der Waals surface area contributed by atoms with Crippen LogP contribution in [-0.2, 0) is 0 Å². The minimum atomic E-state index is -0.340. The molecule has 0 aliphatic carbocycles. The highest BCUT2D eigenvalue weighted by Crippen LogP contribution is 2.36. The predicted octanol–water partition coefficient (Wildman–Crippen LogP) is 7.56. The highest BCUT2D eigenvalue weighted by atomic mass is 16.5. The van der Waals surface area contributed by atoms with E-state index in [1.807, 2.05) is 82.3 Å². The third-order valence-electron chi connectivity index (χ3n) is 5.42. The lowest BCUT2D eigenvalue weighted by Gasteiger charge is -2.17. The number of aromatic nitrogens is 1. The van der Waals surface area contributed by atoms with Crippen LogP contribution >= 0.6 is 0 Å². The first-order valence-electron chi connectivity index (χ1n) is 11.7. The Labute approximate surface area is 213 Å². The molecule has 4 aromatic rings. The second-order valence-electron chi connectivity index (χ2n) is 7.74. The van der Waals surface area contributed by atoms with Gasteiger partial charge in [0.2, 0.25) is 5.88 Å². The maximum Gasteiger partial charge on any atom is 0.261 e. The van der Waals surface area contributed by atoms with Crippen molar-refractivity contribution in [3.8, 4) is 34.6 Å². The topological polar surface area (TPSA) is 84.2 Å². The van der Waals surface area contributed by atoms with Gasteiger partial charge in [-0.3, -0.25) is 4.79 Å². The van der Waals surface area contributed by atoms with Gasteiger partial charge in [0.1, 0.15) is 5.56 Å². The Hall–Kier alpha value is -4.63. The van der Waals surface area contributed by atoms with Gasteiger partial charge in [-0.2, -0.15) is 5.26 Å². The van der Waals surface area contributed by atoms with E-state index in [0.29, 0.717) is 28.3 Å². The first-order chi connectivity index (χ1) is 17.5. The van der Waals surface area contributed by atoms with Gasteiger partial charge in [-0.25, -0.2) is 4.98 Å². The standard InChI is InChI=1S/C28H23N3O3.C2H6.H2/c1-18-9-12-21(13-10-18)23-17-30-28(34-24-14-11-20(16-29)15-25(24)33-3)26(19(23)2)27(32)31-22-7-5-4-6-8-22;1-2;/h4-15,17H,1-3H3,(H,31,32);1-2H3;1H. The highest BCUT2D eigenvalue weighted by Gasteiger charge is 2.22.